The van der Waals surface area contributed by atoms with Crippen LogP contribution < -0.4 is 10.9 Å². The summed E-state index contributed by atoms with van der Waals surface area (Å²) in [5.74, 6) is -0.295. The van der Waals surface area contributed by atoms with Crippen molar-refractivity contribution in [2.75, 3.05) is 5.32 Å². The van der Waals surface area contributed by atoms with Gasteiger partial charge in [0, 0.05) is 42.3 Å². The molecule has 9 heteroatoms. The van der Waals surface area contributed by atoms with Gasteiger partial charge in [-0.15, -0.1) is 0 Å². The molecule has 2 N–H and O–H groups in total. The van der Waals surface area contributed by atoms with Gasteiger partial charge in [0.15, 0.2) is 5.60 Å². The summed E-state index contributed by atoms with van der Waals surface area (Å²) in [7, 11) is 3.53. The number of halogens is 1. The Kier molecular flexibility index (Phi) is 6.94. The Balaban J connectivity index is 1.50. The SMILES string of the molecule is Cn1cncc1C(O)(c1ccc(C(=O)Nc2cccnc2)cc1)c1ccc2c(c1)c(-c1cccc(Cl)c1)cc(=O)n2C. The van der Waals surface area contributed by atoms with Crippen LogP contribution in [-0.2, 0) is 19.7 Å². The van der Waals surface area contributed by atoms with Crippen LogP contribution in [0.15, 0.2) is 115 Å². The zero-order valence-electron chi connectivity index (χ0n) is 22.8. The zero-order valence-corrected chi connectivity index (χ0v) is 23.6. The molecule has 0 aliphatic rings. The molecule has 0 saturated heterocycles. The molecule has 6 aromatic rings. The summed E-state index contributed by atoms with van der Waals surface area (Å²) in [6.45, 7) is 0. The molecule has 8 nitrogen and oxygen atoms in total. The van der Waals surface area contributed by atoms with Gasteiger partial charge >= 0.3 is 0 Å². The Labute approximate surface area is 246 Å². The maximum atomic E-state index is 12.9. The highest BCUT2D eigenvalue weighted by Crippen LogP contribution is 2.39. The molecule has 0 radical (unpaired) electrons. The van der Waals surface area contributed by atoms with Gasteiger partial charge in [0.05, 0.1) is 35.6 Å². The molecule has 0 bridgehead atoms. The quantitative estimate of drug-likeness (QED) is 0.272. The summed E-state index contributed by atoms with van der Waals surface area (Å²) in [4.78, 5) is 34.1. The summed E-state index contributed by atoms with van der Waals surface area (Å²) >= 11 is 6.30. The normalized spacial score (nSPS) is 12.7. The molecule has 208 valence electrons. The van der Waals surface area contributed by atoms with Gasteiger partial charge in [0.2, 0.25) is 0 Å². The van der Waals surface area contributed by atoms with Crippen molar-refractivity contribution in [3.8, 4) is 11.1 Å². The van der Waals surface area contributed by atoms with Crippen molar-refractivity contribution in [2.45, 2.75) is 5.60 Å². The van der Waals surface area contributed by atoms with Gasteiger partial charge < -0.3 is 19.6 Å². The minimum Gasteiger partial charge on any atom is -0.374 e. The number of carbonyl (C=O) groups is 1. The average molecular weight is 576 g/mol. The number of nitrogens with zero attached hydrogens (tertiary/aromatic N) is 4. The number of carbonyl (C=O) groups excluding carboxylic acids is 1. The Morgan fingerprint density at radius 2 is 1.69 bits per heavy atom. The van der Waals surface area contributed by atoms with Crippen molar-refractivity contribution in [1.82, 2.24) is 19.1 Å². The third-order valence-corrected chi connectivity index (χ3v) is 7.71. The minimum atomic E-state index is -1.64. The van der Waals surface area contributed by atoms with Crippen LogP contribution in [0.1, 0.15) is 27.2 Å². The largest absolute Gasteiger partial charge is 0.374 e. The van der Waals surface area contributed by atoms with Crippen LogP contribution in [0.5, 0.6) is 0 Å². The number of imidazole rings is 1. The van der Waals surface area contributed by atoms with Crippen LogP contribution in [0, 0.1) is 0 Å². The molecule has 3 heterocycles. The van der Waals surface area contributed by atoms with E-state index in [1.54, 1.807) is 95.7 Å². The van der Waals surface area contributed by atoms with Gasteiger partial charge in [-0.1, -0.05) is 41.9 Å². The second kappa shape index (κ2) is 10.7. The number of pyridine rings is 2. The third kappa shape index (κ3) is 4.76. The number of fused-ring (bicyclic) bond motifs is 1. The van der Waals surface area contributed by atoms with E-state index in [0.29, 0.717) is 44.2 Å². The molecule has 3 aromatic heterocycles. The minimum absolute atomic E-state index is 0.160. The molecule has 6 rings (SSSR count). The van der Waals surface area contributed by atoms with Crippen molar-refractivity contribution in [3.05, 3.63) is 148 Å². The van der Waals surface area contributed by atoms with Gasteiger partial charge in [-0.2, -0.15) is 0 Å². The zero-order chi connectivity index (χ0) is 29.4. The second-order valence-corrected chi connectivity index (χ2v) is 10.5. The average Bonchev–Trinajstić information content (AvgIpc) is 3.45. The Bertz CT molecular complexity index is 2000. The number of hydrogen-bond donors (Lipinski definition) is 2. The van der Waals surface area contributed by atoms with Crippen LogP contribution in [0.3, 0.4) is 0 Å². The van der Waals surface area contributed by atoms with Gasteiger partial charge in [0.1, 0.15) is 0 Å². The highest BCUT2D eigenvalue weighted by molar-refractivity contribution is 6.30. The van der Waals surface area contributed by atoms with E-state index in [4.69, 9.17) is 11.6 Å². The van der Waals surface area contributed by atoms with Crippen molar-refractivity contribution >= 4 is 34.1 Å². The summed E-state index contributed by atoms with van der Waals surface area (Å²) < 4.78 is 3.33. The van der Waals surface area contributed by atoms with Gasteiger partial charge in [-0.3, -0.25) is 14.6 Å². The smallest absolute Gasteiger partial charge is 0.255 e. The number of aryl methyl sites for hydroxylation is 2. The predicted octanol–water partition coefficient (Wildman–Crippen LogP) is 5.52. The molecule has 0 aliphatic heterocycles. The fourth-order valence-corrected chi connectivity index (χ4v) is 5.44. The molecule has 1 unspecified atom stereocenters. The first-order chi connectivity index (χ1) is 20.3. The van der Waals surface area contributed by atoms with E-state index in [1.807, 2.05) is 37.4 Å². The fraction of sp³-hybridized carbons (Fsp3) is 0.0909. The predicted molar refractivity (Wildman–Crippen MR) is 164 cm³/mol. The number of aliphatic hydroxyl groups is 1. The lowest BCUT2D eigenvalue weighted by Crippen LogP contribution is -2.31. The number of benzene rings is 3. The van der Waals surface area contributed by atoms with E-state index >= 15 is 0 Å². The number of anilines is 1. The number of rotatable bonds is 6. The fourth-order valence-electron chi connectivity index (χ4n) is 5.25. The number of amides is 1. The summed E-state index contributed by atoms with van der Waals surface area (Å²) in [6.07, 6.45) is 6.44. The van der Waals surface area contributed by atoms with Crippen LogP contribution in [0.2, 0.25) is 5.02 Å². The standard InChI is InChI=1S/C33H26ClN5O3/c1-38-20-36-19-30(38)33(42,23-10-8-21(9-11-23)32(41)37-26-7-4-14-35-18-26)24-12-13-29-28(16-24)27(17-31(40)39(29)2)22-5-3-6-25(34)15-22/h3-20,42H,1-2H3,(H,37,41). The third-order valence-electron chi connectivity index (χ3n) is 7.47. The van der Waals surface area contributed by atoms with Crippen molar-refractivity contribution in [3.63, 3.8) is 0 Å². The van der Waals surface area contributed by atoms with E-state index in [2.05, 4.69) is 15.3 Å². The highest BCUT2D eigenvalue weighted by Gasteiger charge is 2.37. The van der Waals surface area contributed by atoms with Crippen LogP contribution in [0.25, 0.3) is 22.0 Å². The Morgan fingerprint density at radius 3 is 2.38 bits per heavy atom. The maximum absolute atomic E-state index is 12.9. The van der Waals surface area contributed by atoms with Crippen LogP contribution >= 0.6 is 11.6 Å². The van der Waals surface area contributed by atoms with Crippen molar-refractivity contribution in [2.24, 2.45) is 14.1 Å². The first-order valence-electron chi connectivity index (χ1n) is 13.2. The van der Waals surface area contributed by atoms with Crippen LogP contribution in [0.4, 0.5) is 5.69 Å². The molecule has 42 heavy (non-hydrogen) atoms. The number of hydrogen-bond acceptors (Lipinski definition) is 5. The van der Waals surface area contributed by atoms with Crippen LogP contribution in [-0.4, -0.2) is 30.1 Å². The second-order valence-electron chi connectivity index (χ2n) is 10.1. The maximum Gasteiger partial charge on any atom is 0.255 e. The Hall–Kier alpha value is -5.05. The molecule has 1 amide bonds. The van der Waals surface area contributed by atoms with Crippen molar-refractivity contribution < 1.29 is 9.90 Å². The molecule has 3 aromatic carbocycles. The molecule has 0 aliphatic carbocycles. The van der Waals surface area contributed by atoms with Gasteiger partial charge in [-0.25, -0.2) is 4.98 Å². The molecule has 0 spiro atoms. The summed E-state index contributed by atoms with van der Waals surface area (Å²) in [5, 5.41) is 16.7. The lowest BCUT2D eigenvalue weighted by molar-refractivity contribution is 0.102. The highest BCUT2D eigenvalue weighted by atomic mass is 35.5. The number of aromatic nitrogens is 4. The molecular weight excluding hydrogens is 550 g/mol. The van der Waals surface area contributed by atoms with Gasteiger partial charge in [0.25, 0.3) is 11.5 Å². The molecule has 1 atom stereocenters. The lowest BCUT2D eigenvalue weighted by Gasteiger charge is -2.30. The van der Waals surface area contributed by atoms with E-state index in [1.165, 1.54) is 0 Å². The van der Waals surface area contributed by atoms with E-state index in [9.17, 15) is 14.7 Å². The number of nitrogens with one attached hydrogen (secondary N) is 1. The topological polar surface area (TPSA) is 102 Å². The van der Waals surface area contributed by atoms with Crippen molar-refractivity contribution in [1.29, 1.82) is 0 Å². The van der Waals surface area contributed by atoms with Gasteiger partial charge in [-0.05, 0) is 70.8 Å². The summed E-state index contributed by atoms with van der Waals surface area (Å²) in [5.41, 5.74) is 3.03. The van der Waals surface area contributed by atoms with E-state index in [0.717, 1.165) is 10.9 Å². The first-order valence-corrected chi connectivity index (χ1v) is 13.5. The summed E-state index contributed by atoms with van der Waals surface area (Å²) in [6, 6.07) is 24.7. The van der Waals surface area contributed by atoms with E-state index < -0.39 is 5.60 Å². The van der Waals surface area contributed by atoms with E-state index in [-0.39, 0.29) is 11.5 Å². The molecular formula is C33H26ClN5O3. The monoisotopic (exact) mass is 575 g/mol. The first kappa shape index (κ1) is 27.1. The molecule has 0 saturated carbocycles. The lowest BCUT2D eigenvalue weighted by atomic mass is 9.82. The Morgan fingerprint density at radius 1 is 0.905 bits per heavy atom. The molecule has 0 fully saturated rings.